The van der Waals surface area contributed by atoms with Crippen LogP contribution in [-0.4, -0.2) is 25.2 Å². The highest BCUT2D eigenvalue weighted by atomic mass is 35.5. The molecule has 1 aromatic rings. The number of benzene rings is 1. The highest BCUT2D eigenvalue weighted by Gasteiger charge is 2.41. The molecule has 0 aromatic heterocycles. The molecule has 1 fully saturated rings. The molecule has 3 nitrogen and oxygen atoms in total. The molecule has 0 radical (unpaired) electrons. The van der Waals surface area contributed by atoms with E-state index in [-0.39, 0.29) is 5.97 Å². The second-order valence-corrected chi connectivity index (χ2v) is 4.84. The van der Waals surface area contributed by atoms with Gasteiger partial charge in [-0.1, -0.05) is 23.7 Å². The molecule has 92 valence electrons. The smallest absolute Gasteiger partial charge is 0.326 e. The van der Waals surface area contributed by atoms with Crippen molar-refractivity contribution >= 4 is 17.6 Å². The average molecular weight is 254 g/mol. The van der Waals surface area contributed by atoms with Gasteiger partial charge in [0.25, 0.3) is 0 Å². The fraction of sp³-hybridized carbons (Fsp3) is 0.462. The number of methoxy groups -OCH3 is 1. The molecule has 1 unspecified atom stereocenters. The van der Waals surface area contributed by atoms with Crippen LogP contribution in [0.1, 0.15) is 18.4 Å². The van der Waals surface area contributed by atoms with Gasteiger partial charge in [0.15, 0.2) is 0 Å². The summed E-state index contributed by atoms with van der Waals surface area (Å²) in [6, 6.07) is 7.59. The van der Waals surface area contributed by atoms with Crippen LogP contribution < -0.4 is 5.32 Å². The Kier molecular flexibility index (Phi) is 3.69. The first kappa shape index (κ1) is 12.4. The Morgan fingerprint density at radius 1 is 1.47 bits per heavy atom. The maximum atomic E-state index is 11.9. The van der Waals surface area contributed by atoms with Crippen LogP contribution in [0.5, 0.6) is 0 Å². The molecule has 1 saturated heterocycles. The first-order chi connectivity index (χ1) is 8.16. The van der Waals surface area contributed by atoms with Crippen LogP contribution in [0.3, 0.4) is 0 Å². The molecule has 1 heterocycles. The van der Waals surface area contributed by atoms with Gasteiger partial charge in [0.1, 0.15) is 5.54 Å². The maximum Gasteiger partial charge on any atom is 0.326 e. The van der Waals surface area contributed by atoms with Gasteiger partial charge in [0, 0.05) is 11.4 Å². The SMILES string of the molecule is COC(=O)C1(Cc2ccc(Cl)cc2)CCCN1. The summed E-state index contributed by atoms with van der Waals surface area (Å²) >= 11 is 5.85. The van der Waals surface area contributed by atoms with E-state index in [2.05, 4.69) is 5.32 Å². The highest BCUT2D eigenvalue weighted by molar-refractivity contribution is 6.30. The Morgan fingerprint density at radius 3 is 2.71 bits per heavy atom. The summed E-state index contributed by atoms with van der Waals surface area (Å²) in [5.41, 5.74) is 0.539. The number of rotatable bonds is 3. The van der Waals surface area contributed by atoms with Crippen molar-refractivity contribution in [1.82, 2.24) is 5.32 Å². The predicted octanol–water partition coefficient (Wildman–Crippen LogP) is 2.18. The number of halogens is 1. The van der Waals surface area contributed by atoms with E-state index in [1.54, 1.807) is 0 Å². The fourth-order valence-corrected chi connectivity index (χ4v) is 2.48. The van der Waals surface area contributed by atoms with Crippen LogP contribution in [-0.2, 0) is 16.0 Å². The summed E-state index contributed by atoms with van der Waals surface area (Å²) in [6.07, 6.45) is 2.47. The minimum Gasteiger partial charge on any atom is -0.468 e. The molecule has 1 N–H and O–H groups in total. The molecule has 1 aliphatic heterocycles. The van der Waals surface area contributed by atoms with E-state index in [1.165, 1.54) is 7.11 Å². The van der Waals surface area contributed by atoms with Gasteiger partial charge in [-0.25, -0.2) is 0 Å². The summed E-state index contributed by atoms with van der Waals surface area (Å²) in [5.74, 6) is -0.176. The van der Waals surface area contributed by atoms with Gasteiger partial charge in [-0.3, -0.25) is 4.79 Å². The molecule has 2 rings (SSSR count). The molecule has 1 aliphatic rings. The Labute approximate surface area is 106 Å². The van der Waals surface area contributed by atoms with Crippen LogP contribution in [0, 0.1) is 0 Å². The van der Waals surface area contributed by atoms with E-state index < -0.39 is 5.54 Å². The predicted molar refractivity (Wildman–Crippen MR) is 67.1 cm³/mol. The molecule has 4 heteroatoms. The second kappa shape index (κ2) is 5.07. The fourth-order valence-electron chi connectivity index (χ4n) is 2.35. The maximum absolute atomic E-state index is 11.9. The molecule has 0 bridgehead atoms. The van der Waals surface area contributed by atoms with Gasteiger partial charge in [-0.05, 0) is 37.1 Å². The quantitative estimate of drug-likeness (QED) is 0.840. The number of esters is 1. The van der Waals surface area contributed by atoms with Gasteiger partial charge < -0.3 is 10.1 Å². The van der Waals surface area contributed by atoms with Gasteiger partial charge >= 0.3 is 5.97 Å². The first-order valence-corrected chi connectivity index (χ1v) is 6.12. The van der Waals surface area contributed by atoms with Gasteiger partial charge in [0.2, 0.25) is 0 Å². The summed E-state index contributed by atoms with van der Waals surface area (Å²) in [4.78, 5) is 11.9. The summed E-state index contributed by atoms with van der Waals surface area (Å²) in [6.45, 7) is 0.864. The number of hydrogen-bond donors (Lipinski definition) is 1. The third-order valence-corrected chi connectivity index (χ3v) is 3.49. The van der Waals surface area contributed by atoms with Crippen LogP contribution in [0.4, 0.5) is 0 Å². The lowest BCUT2D eigenvalue weighted by atomic mass is 9.89. The second-order valence-electron chi connectivity index (χ2n) is 4.41. The van der Waals surface area contributed by atoms with E-state index in [0.29, 0.717) is 11.4 Å². The zero-order valence-corrected chi connectivity index (χ0v) is 10.6. The number of carbonyl (C=O) groups is 1. The van der Waals surface area contributed by atoms with E-state index >= 15 is 0 Å². The molecule has 17 heavy (non-hydrogen) atoms. The van der Waals surface area contributed by atoms with Crippen LogP contribution >= 0.6 is 11.6 Å². The molecule has 1 aromatic carbocycles. The van der Waals surface area contributed by atoms with Crippen molar-refractivity contribution in [3.8, 4) is 0 Å². The van der Waals surface area contributed by atoms with Crippen molar-refractivity contribution in [1.29, 1.82) is 0 Å². The standard InChI is InChI=1S/C13H16ClNO2/c1-17-12(16)13(7-2-8-15-13)9-10-3-5-11(14)6-4-10/h3-6,15H,2,7-9H2,1H3. The summed E-state index contributed by atoms with van der Waals surface area (Å²) in [7, 11) is 1.44. The first-order valence-electron chi connectivity index (χ1n) is 5.74. The Hall–Kier alpha value is -1.06. The van der Waals surface area contributed by atoms with Crippen molar-refractivity contribution in [3.05, 3.63) is 34.9 Å². The number of hydrogen-bond acceptors (Lipinski definition) is 3. The molecule has 0 amide bonds. The Morgan fingerprint density at radius 2 is 2.18 bits per heavy atom. The van der Waals surface area contributed by atoms with Crippen molar-refractivity contribution in [2.75, 3.05) is 13.7 Å². The van der Waals surface area contributed by atoms with Gasteiger partial charge in [-0.2, -0.15) is 0 Å². The van der Waals surface area contributed by atoms with Crippen molar-refractivity contribution in [2.45, 2.75) is 24.8 Å². The summed E-state index contributed by atoms with van der Waals surface area (Å²) in [5, 5.41) is 3.98. The Bertz CT molecular complexity index is 396. The average Bonchev–Trinajstić information content (AvgIpc) is 2.81. The van der Waals surface area contributed by atoms with Gasteiger partial charge in [0.05, 0.1) is 7.11 Å². The molecule has 1 atom stereocenters. The molecule has 0 aliphatic carbocycles. The van der Waals surface area contributed by atoms with E-state index in [0.717, 1.165) is 24.9 Å². The number of ether oxygens (including phenoxy) is 1. The lowest BCUT2D eigenvalue weighted by molar-refractivity contribution is -0.148. The molecule has 0 saturated carbocycles. The van der Waals surface area contributed by atoms with E-state index in [1.807, 2.05) is 24.3 Å². The normalized spacial score (nSPS) is 23.6. The van der Waals surface area contributed by atoms with Crippen LogP contribution in [0.2, 0.25) is 5.02 Å². The monoisotopic (exact) mass is 253 g/mol. The third-order valence-electron chi connectivity index (χ3n) is 3.24. The summed E-state index contributed by atoms with van der Waals surface area (Å²) < 4.78 is 4.91. The molecular formula is C13H16ClNO2. The van der Waals surface area contributed by atoms with Crippen molar-refractivity contribution < 1.29 is 9.53 Å². The van der Waals surface area contributed by atoms with Crippen molar-refractivity contribution in [2.24, 2.45) is 0 Å². The minimum absolute atomic E-state index is 0.176. The number of nitrogens with one attached hydrogen (secondary N) is 1. The number of carbonyl (C=O) groups excluding carboxylic acids is 1. The van der Waals surface area contributed by atoms with Gasteiger partial charge in [-0.15, -0.1) is 0 Å². The molecule has 0 spiro atoms. The van der Waals surface area contributed by atoms with Crippen LogP contribution in [0.15, 0.2) is 24.3 Å². The van der Waals surface area contributed by atoms with Crippen LogP contribution in [0.25, 0.3) is 0 Å². The highest BCUT2D eigenvalue weighted by Crippen LogP contribution is 2.26. The van der Waals surface area contributed by atoms with E-state index in [4.69, 9.17) is 16.3 Å². The largest absolute Gasteiger partial charge is 0.468 e. The minimum atomic E-state index is -0.553. The topological polar surface area (TPSA) is 38.3 Å². The zero-order valence-electron chi connectivity index (χ0n) is 9.83. The van der Waals surface area contributed by atoms with E-state index in [9.17, 15) is 4.79 Å². The lowest BCUT2D eigenvalue weighted by Crippen LogP contribution is -2.50. The third kappa shape index (κ3) is 2.61. The Balaban J connectivity index is 2.18. The van der Waals surface area contributed by atoms with Crippen molar-refractivity contribution in [3.63, 3.8) is 0 Å². The lowest BCUT2D eigenvalue weighted by Gasteiger charge is -2.26. The zero-order chi connectivity index (χ0) is 12.3. The molecular weight excluding hydrogens is 238 g/mol.